The molecule has 0 saturated heterocycles. The minimum atomic E-state index is -0.293. The number of nitrogens with one attached hydrogen (secondary N) is 1. The highest BCUT2D eigenvalue weighted by Gasteiger charge is 2.10. The van der Waals surface area contributed by atoms with E-state index in [2.05, 4.69) is 5.32 Å². The average molecular weight is 329 g/mol. The first-order valence-corrected chi connectivity index (χ1v) is 8.01. The fourth-order valence-electron chi connectivity index (χ4n) is 2.32. The fourth-order valence-corrected chi connectivity index (χ4v) is 3.28. The molecule has 0 saturated carbocycles. The molecule has 3 aromatic rings. The Hall–Kier alpha value is -2.24. The molecule has 1 N–H and O–H groups in total. The van der Waals surface area contributed by atoms with Crippen LogP contribution in [0.5, 0.6) is 0 Å². The third-order valence-electron chi connectivity index (χ3n) is 3.49. The van der Waals surface area contributed by atoms with E-state index in [0.717, 1.165) is 21.2 Å². The van der Waals surface area contributed by atoms with Gasteiger partial charge in [-0.1, -0.05) is 24.3 Å². The van der Waals surface area contributed by atoms with Crippen LogP contribution in [0.25, 0.3) is 10.1 Å². The Bertz CT molecular complexity index is 827. The van der Waals surface area contributed by atoms with Crippen molar-refractivity contribution in [2.75, 3.05) is 7.11 Å². The molecule has 5 heteroatoms. The summed E-state index contributed by atoms with van der Waals surface area (Å²) in [5.74, 6) is -0.439. The van der Waals surface area contributed by atoms with Gasteiger partial charge in [0.25, 0.3) is 5.91 Å². The largest absolute Gasteiger partial charge is 0.380 e. The van der Waals surface area contributed by atoms with Gasteiger partial charge in [0.2, 0.25) is 0 Å². The molecule has 3 nitrogen and oxygen atoms in total. The van der Waals surface area contributed by atoms with Crippen LogP contribution in [0.1, 0.15) is 20.8 Å². The van der Waals surface area contributed by atoms with Gasteiger partial charge in [0.1, 0.15) is 5.82 Å². The number of ether oxygens (including phenoxy) is 1. The number of methoxy groups -OCH3 is 1. The Labute approximate surface area is 137 Å². The van der Waals surface area contributed by atoms with Crippen LogP contribution in [0.15, 0.2) is 48.5 Å². The second-order valence-corrected chi connectivity index (χ2v) is 6.31. The van der Waals surface area contributed by atoms with Gasteiger partial charge in [-0.3, -0.25) is 4.79 Å². The van der Waals surface area contributed by atoms with Crippen LogP contribution in [0.2, 0.25) is 0 Å². The monoisotopic (exact) mass is 329 g/mol. The van der Waals surface area contributed by atoms with E-state index in [0.29, 0.717) is 18.0 Å². The summed E-state index contributed by atoms with van der Waals surface area (Å²) in [6.07, 6.45) is 0. The van der Waals surface area contributed by atoms with Crippen LogP contribution in [-0.4, -0.2) is 13.0 Å². The van der Waals surface area contributed by atoms with Gasteiger partial charge in [-0.2, -0.15) is 0 Å². The lowest BCUT2D eigenvalue weighted by Crippen LogP contribution is -2.21. The third kappa shape index (κ3) is 3.75. The molecule has 2 aromatic carbocycles. The van der Waals surface area contributed by atoms with E-state index in [4.69, 9.17) is 4.74 Å². The number of amides is 1. The Kier molecular flexibility index (Phi) is 4.69. The van der Waals surface area contributed by atoms with Gasteiger partial charge in [-0.15, -0.1) is 11.3 Å². The molecule has 0 bridgehead atoms. The van der Waals surface area contributed by atoms with Crippen molar-refractivity contribution >= 4 is 27.3 Å². The van der Waals surface area contributed by atoms with Crippen LogP contribution in [0, 0.1) is 5.82 Å². The molecule has 0 atom stereocenters. The Balaban J connectivity index is 1.65. The zero-order chi connectivity index (χ0) is 16.2. The fraction of sp³-hybridized carbons (Fsp3) is 0.167. The molecule has 0 aliphatic heterocycles. The van der Waals surface area contributed by atoms with Crippen LogP contribution in [-0.2, 0) is 17.9 Å². The first-order valence-electron chi connectivity index (χ1n) is 7.20. The topological polar surface area (TPSA) is 38.3 Å². The first kappa shape index (κ1) is 15.6. The smallest absolute Gasteiger partial charge is 0.261 e. The van der Waals surface area contributed by atoms with Crippen molar-refractivity contribution in [1.82, 2.24) is 5.32 Å². The van der Waals surface area contributed by atoms with Gasteiger partial charge in [-0.05, 0) is 40.8 Å². The molecule has 118 valence electrons. The zero-order valence-corrected chi connectivity index (χ0v) is 13.5. The lowest BCUT2D eigenvalue weighted by Gasteiger charge is -2.05. The van der Waals surface area contributed by atoms with Crippen LogP contribution in [0.3, 0.4) is 0 Å². The first-order chi connectivity index (χ1) is 11.2. The molecule has 1 amide bonds. The number of halogens is 1. The van der Waals surface area contributed by atoms with Crippen molar-refractivity contribution in [2.24, 2.45) is 0 Å². The molecule has 0 radical (unpaired) electrons. The van der Waals surface area contributed by atoms with Crippen molar-refractivity contribution in [3.05, 3.63) is 70.4 Å². The second kappa shape index (κ2) is 6.89. The summed E-state index contributed by atoms with van der Waals surface area (Å²) >= 11 is 1.36. The molecule has 0 spiro atoms. The molecular weight excluding hydrogens is 313 g/mol. The van der Waals surface area contributed by atoms with Gasteiger partial charge in [-0.25, -0.2) is 4.39 Å². The average Bonchev–Trinajstić information content (AvgIpc) is 2.97. The second-order valence-electron chi connectivity index (χ2n) is 5.22. The molecular formula is C18H16FNO2S. The standard InChI is InChI=1S/C18H16FNO2S/c1-22-11-13-4-2-12(3-5-13)10-20-18(21)17-9-14-8-15(19)6-7-16(14)23-17/h2-9H,10-11H2,1H3,(H,20,21). The number of carbonyl (C=O) groups is 1. The summed E-state index contributed by atoms with van der Waals surface area (Å²) in [5, 5.41) is 3.64. The molecule has 0 fully saturated rings. The summed E-state index contributed by atoms with van der Waals surface area (Å²) in [5.41, 5.74) is 2.11. The third-order valence-corrected chi connectivity index (χ3v) is 4.60. The molecule has 0 unspecified atom stereocenters. The number of hydrogen-bond donors (Lipinski definition) is 1. The van der Waals surface area contributed by atoms with Crippen LogP contribution in [0.4, 0.5) is 4.39 Å². The van der Waals surface area contributed by atoms with E-state index < -0.39 is 0 Å². The van der Waals surface area contributed by atoms with Crippen molar-refractivity contribution in [2.45, 2.75) is 13.2 Å². The minimum Gasteiger partial charge on any atom is -0.380 e. The summed E-state index contributed by atoms with van der Waals surface area (Å²) in [4.78, 5) is 12.8. The summed E-state index contributed by atoms with van der Waals surface area (Å²) in [6, 6.07) is 14.2. The van der Waals surface area contributed by atoms with Gasteiger partial charge in [0.05, 0.1) is 11.5 Å². The number of thiophene rings is 1. The van der Waals surface area contributed by atoms with E-state index in [1.54, 1.807) is 19.2 Å². The number of carbonyl (C=O) groups excluding carboxylic acids is 1. The Morgan fingerprint density at radius 1 is 1.13 bits per heavy atom. The quantitative estimate of drug-likeness (QED) is 0.765. The highest BCUT2D eigenvalue weighted by Crippen LogP contribution is 2.26. The predicted molar refractivity (Wildman–Crippen MR) is 90.1 cm³/mol. The van der Waals surface area contributed by atoms with E-state index in [9.17, 15) is 9.18 Å². The maximum Gasteiger partial charge on any atom is 0.261 e. The number of hydrogen-bond acceptors (Lipinski definition) is 3. The summed E-state index contributed by atoms with van der Waals surface area (Å²) in [7, 11) is 1.66. The van der Waals surface area contributed by atoms with Gasteiger partial charge < -0.3 is 10.1 Å². The normalized spacial score (nSPS) is 10.9. The summed E-state index contributed by atoms with van der Waals surface area (Å²) in [6.45, 7) is 1.03. The molecule has 23 heavy (non-hydrogen) atoms. The van der Waals surface area contributed by atoms with E-state index in [1.807, 2.05) is 24.3 Å². The molecule has 1 aromatic heterocycles. The number of benzene rings is 2. The Morgan fingerprint density at radius 3 is 2.61 bits per heavy atom. The van der Waals surface area contributed by atoms with Gasteiger partial charge >= 0.3 is 0 Å². The minimum absolute atomic E-state index is 0.146. The predicted octanol–water partition coefficient (Wildman–Crippen LogP) is 4.12. The molecule has 0 aliphatic carbocycles. The molecule has 0 aliphatic rings. The van der Waals surface area contributed by atoms with E-state index in [1.165, 1.54) is 23.5 Å². The molecule has 1 heterocycles. The maximum atomic E-state index is 13.2. The van der Waals surface area contributed by atoms with E-state index >= 15 is 0 Å². The SMILES string of the molecule is COCc1ccc(CNC(=O)c2cc3cc(F)ccc3s2)cc1. The maximum absolute atomic E-state index is 13.2. The highest BCUT2D eigenvalue weighted by atomic mass is 32.1. The number of fused-ring (bicyclic) bond motifs is 1. The van der Waals surface area contributed by atoms with Crippen molar-refractivity contribution < 1.29 is 13.9 Å². The van der Waals surface area contributed by atoms with Crippen LogP contribution >= 0.6 is 11.3 Å². The van der Waals surface area contributed by atoms with Crippen molar-refractivity contribution in [1.29, 1.82) is 0 Å². The highest BCUT2D eigenvalue weighted by molar-refractivity contribution is 7.20. The summed E-state index contributed by atoms with van der Waals surface area (Å²) < 4.78 is 19.2. The number of rotatable bonds is 5. The van der Waals surface area contributed by atoms with Gasteiger partial charge in [0.15, 0.2) is 0 Å². The van der Waals surface area contributed by atoms with Gasteiger partial charge in [0, 0.05) is 18.4 Å². The Morgan fingerprint density at radius 2 is 1.87 bits per heavy atom. The lowest BCUT2D eigenvalue weighted by molar-refractivity contribution is 0.0955. The van der Waals surface area contributed by atoms with Crippen molar-refractivity contribution in [3.8, 4) is 0 Å². The van der Waals surface area contributed by atoms with Crippen LogP contribution < -0.4 is 5.32 Å². The van der Waals surface area contributed by atoms with E-state index in [-0.39, 0.29) is 11.7 Å². The van der Waals surface area contributed by atoms with Crippen molar-refractivity contribution in [3.63, 3.8) is 0 Å². The lowest BCUT2D eigenvalue weighted by atomic mass is 10.1. The molecule has 3 rings (SSSR count). The zero-order valence-electron chi connectivity index (χ0n) is 12.6.